The molecule has 1 fully saturated rings. The quantitative estimate of drug-likeness (QED) is 0.594. The summed E-state index contributed by atoms with van der Waals surface area (Å²) in [5.74, 6) is -0.331. The summed E-state index contributed by atoms with van der Waals surface area (Å²) in [7, 11) is -3.12. The predicted octanol–water partition coefficient (Wildman–Crippen LogP) is 2.35. The zero-order valence-corrected chi connectivity index (χ0v) is 18.7. The fraction of sp³-hybridized carbons (Fsp3) is 0.619. The Kier molecular flexibility index (Phi) is 7.68. The number of hydrogen-bond donors (Lipinski definition) is 0. The van der Waals surface area contributed by atoms with E-state index in [1.54, 1.807) is 4.90 Å². The molecule has 2 rings (SSSR count). The van der Waals surface area contributed by atoms with Gasteiger partial charge in [-0.25, -0.2) is 13.2 Å². The van der Waals surface area contributed by atoms with Crippen LogP contribution in [0.15, 0.2) is 12.1 Å². The van der Waals surface area contributed by atoms with Crippen molar-refractivity contribution in [2.75, 3.05) is 24.7 Å². The van der Waals surface area contributed by atoms with Gasteiger partial charge in [-0.1, -0.05) is 24.6 Å². The Bertz CT molecular complexity index is 841. The van der Waals surface area contributed by atoms with Gasteiger partial charge in [-0.3, -0.25) is 4.79 Å². The van der Waals surface area contributed by atoms with Crippen molar-refractivity contribution in [3.05, 3.63) is 28.8 Å². The Labute approximate surface area is 173 Å². The molecule has 0 N–H and O–H groups in total. The summed E-state index contributed by atoms with van der Waals surface area (Å²) in [6, 6.07) is 3.44. The third kappa shape index (κ3) is 6.19. The second-order valence-electron chi connectivity index (χ2n) is 7.79. The topological polar surface area (TPSA) is 90.0 Å². The molecule has 8 heteroatoms. The summed E-state index contributed by atoms with van der Waals surface area (Å²) < 4.78 is 34.3. The van der Waals surface area contributed by atoms with Crippen LogP contribution in [0.3, 0.4) is 0 Å². The van der Waals surface area contributed by atoms with Crippen molar-refractivity contribution < 1.29 is 27.5 Å². The van der Waals surface area contributed by atoms with Crippen LogP contribution in [0.2, 0.25) is 0 Å². The molecule has 162 valence electrons. The minimum absolute atomic E-state index is 0.0356. The number of esters is 1. The van der Waals surface area contributed by atoms with Crippen LogP contribution in [0.5, 0.6) is 5.75 Å². The molecule has 7 nitrogen and oxygen atoms in total. The predicted molar refractivity (Wildman–Crippen MR) is 111 cm³/mol. The summed E-state index contributed by atoms with van der Waals surface area (Å²) in [5, 5.41) is 0. The molecular weight excluding hydrogens is 394 g/mol. The third-order valence-corrected chi connectivity index (χ3v) is 7.00. The van der Waals surface area contributed by atoms with Gasteiger partial charge in [0.15, 0.2) is 23.1 Å². The minimum atomic E-state index is -3.12. The number of sulfone groups is 1. The summed E-state index contributed by atoms with van der Waals surface area (Å²) in [6.45, 7) is 8.89. The monoisotopic (exact) mass is 425 g/mol. The van der Waals surface area contributed by atoms with E-state index in [2.05, 4.69) is 0 Å². The van der Waals surface area contributed by atoms with Crippen LogP contribution in [0.25, 0.3) is 0 Å². The number of nitrogens with zero attached hydrogens (tertiary/aromatic N) is 1. The van der Waals surface area contributed by atoms with E-state index in [0.29, 0.717) is 18.6 Å². The summed E-state index contributed by atoms with van der Waals surface area (Å²) in [5.41, 5.74) is 2.97. The molecule has 0 aliphatic carbocycles. The van der Waals surface area contributed by atoms with Crippen LogP contribution in [-0.2, 0) is 24.2 Å². The summed E-state index contributed by atoms with van der Waals surface area (Å²) in [4.78, 5) is 26.3. The van der Waals surface area contributed by atoms with Crippen molar-refractivity contribution in [3.63, 3.8) is 0 Å². The van der Waals surface area contributed by atoms with Crippen molar-refractivity contribution in [2.24, 2.45) is 0 Å². The van der Waals surface area contributed by atoms with Crippen molar-refractivity contribution in [1.82, 2.24) is 4.90 Å². The lowest BCUT2D eigenvalue weighted by molar-refractivity contribution is -0.155. The average Bonchev–Trinajstić information content (AvgIpc) is 2.98. The molecule has 0 aromatic heterocycles. The first-order chi connectivity index (χ1) is 13.5. The number of carbonyl (C=O) groups excluding carboxylic acids is 2. The fourth-order valence-corrected chi connectivity index (χ4v) is 5.50. The Hall–Kier alpha value is -2.09. The first-order valence-corrected chi connectivity index (χ1v) is 11.7. The van der Waals surface area contributed by atoms with Crippen molar-refractivity contribution in [3.8, 4) is 5.75 Å². The molecule has 0 bridgehead atoms. The average molecular weight is 426 g/mol. The molecule has 1 heterocycles. The maximum Gasteiger partial charge on any atom is 0.344 e. The third-order valence-electron chi connectivity index (χ3n) is 5.25. The fourth-order valence-electron chi connectivity index (χ4n) is 3.78. The number of benzene rings is 1. The van der Waals surface area contributed by atoms with Gasteiger partial charge in [0.1, 0.15) is 5.75 Å². The van der Waals surface area contributed by atoms with E-state index in [9.17, 15) is 18.0 Å². The molecule has 0 radical (unpaired) electrons. The highest BCUT2D eigenvalue weighted by Gasteiger charge is 2.36. The lowest BCUT2D eigenvalue weighted by Crippen LogP contribution is -2.48. The second-order valence-corrected chi connectivity index (χ2v) is 10.0. The van der Waals surface area contributed by atoms with Crippen LogP contribution < -0.4 is 4.74 Å². The highest BCUT2D eigenvalue weighted by atomic mass is 32.2. The van der Waals surface area contributed by atoms with Crippen LogP contribution in [0, 0.1) is 20.8 Å². The molecule has 0 unspecified atom stereocenters. The van der Waals surface area contributed by atoms with Gasteiger partial charge in [-0.2, -0.15) is 0 Å². The van der Waals surface area contributed by atoms with E-state index in [1.807, 2.05) is 46.8 Å². The molecule has 1 aromatic carbocycles. The van der Waals surface area contributed by atoms with E-state index in [0.717, 1.165) is 16.7 Å². The molecule has 0 saturated carbocycles. The molecule has 1 aliphatic rings. The largest absolute Gasteiger partial charge is 0.481 e. The smallest absolute Gasteiger partial charge is 0.344 e. The van der Waals surface area contributed by atoms with Gasteiger partial charge in [0.2, 0.25) is 0 Å². The summed E-state index contributed by atoms with van der Waals surface area (Å²) >= 11 is 0. The molecule has 0 spiro atoms. The van der Waals surface area contributed by atoms with E-state index in [4.69, 9.17) is 9.47 Å². The molecule has 1 amide bonds. The van der Waals surface area contributed by atoms with E-state index < -0.39 is 22.4 Å². The molecule has 2 atom stereocenters. The van der Waals surface area contributed by atoms with Crippen molar-refractivity contribution in [1.29, 1.82) is 0 Å². The van der Waals surface area contributed by atoms with Gasteiger partial charge < -0.3 is 14.4 Å². The lowest BCUT2D eigenvalue weighted by Gasteiger charge is -2.33. The van der Waals surface area contributed by atoms with Crippen LogP contribution in [-0.4, -0.2) is 62.0 Å². The van der Waals surface area contributed by atoms with Gasteiger partial charge in [0.25, 0.3) is 5.91 Å². The number of aryl methyl sites for hydroxylation is 3. The standard InChI is InChI=1S/C21H31NO6S/c1-6-17(5)22(18-7-8-29(25,26)13-18)19(23)11-27-20(24)12-28-21-15(3)9-14(2)10-16(21)4/h9-10,17-18H,6-8,11-13H2,1-5H3/t17-,18+/m1/s1. The van der Waals surface area contributed by atoms with E-state index >= 15 is 0 Å². The van der Waals surface area contributed by atoms with Gasteiger partial charge in [-0.05, 0) is 51.7 Å². The van der Waals surface area contributed by atoms with Gasteiger partial charge in [0.05, 0.1) is 11.5 Å². The maximum atomic E-state index is 12.7. The number of carbonyl (C=O) groups is 2. The van der Waals surface area contributed by atoms with Crippen LogP contribution >= 0.6 is 0 Å². The highest BCUT2D eigenvalue weighted by molar-refractivity contribution is 7.91. The number of ether oxygens (including phenoxy) is 2. The van der Waals surface area contributed by atoms with Crippen molar-refractivity contribution in [2.45, 2.75) is 59.5 Å². The zero-order chi connectivity index (χ0) is 21.8. The first kappa shape index (κ1) is 23.2. The van der Waals surface area contributed by atoms with Crippen molar-refractivity contribution >= 4 is 21.7 Å². The molecule has 1 saturated heterocycles. The minimum Gasteiger partial charge on any atom is -0.481 e. The number of rotatable bonds is 8. The van der Waals surface area contributed by atoms with Gasteiger partial charge in [0, 0.05) is 12.1 Å². The number of amides is 1. The Morgan fingerprint density at radius 2 is 1.79 bits per heavy atom. The summed E-state index contributed by atoms with van der Waals surface area (Å²) in [6.07, 6.45) is 1.10. The lowest BCUT2D eigenvalue weighted by atomic mass is 10.1. The Morgan fingerprint density at radius 1 is 1.17 bits per heavy atom. The normalized spacial score (nSPS) is 18.9. The number of hydrogen-bond acceptors (Lipinski definition) is 6. The Balaban J connectivity index is 1.93. The zero-order valence-electron chi connectivity index (χ0n) is 17.9. The van der Waals surface area contributed by atoms with Crippen LogP contribution in [0.4, 0.5) is 0 Å². The molecule has 29 heavy (non-hydrogen) atoms. The molecular formula is C21H31NO6S. The maximum absolute atomic E-state index is 12.7. The second kappa shape index (κ2) is 9.61. The first-order valence-electron chi connectivity index (χ1n) is 9.92. The van der Waals surface area contributed by atoms with E-state index in [-0.39, 0.29) is 36.1 Å². The van der Waals surface area contributed by atoms with Gasteiger partial charge >= 0.3 is 5.97 Å². The van der Waals surface area contributed by atoms with E-state index in [1.165, 1.54) is 0 Å². The van der Waals surface area contributed by atoms with Gasteiger partial charge in [-0.15, -0.1) is 0 Å². The molecule has 1 aliphatic heterocycles. The van der Waals surface area contributed by atoms with Crippen LogP contribution in [0.1, 0.15) is 43.4 Å². The Morgan fingerprint density at radius 3 is 2.31 bits per heavy atom. The highest BCUT2D eigenvalue weighted by Crippen LogP contribution is 2.24. The SMILES string of the molecule is CC[C@@H](C)N(C(=O)COC(=O)COc1c(C)cc(C)cc1C)[C@H]1CCS(=O)(=O)C1. The molecule has 1 aromatic rings.